The van der Waals surface area contributed by atoms with E-state index in [1.165, 1.54) is 26.2 Å². The molecule has 0 N–H and O–H groups in total. The molecule has 0 spiro atoms. The molecule has 0 aliphatic carbocycles. The number of carbonyl (C=O) groups excluding carboxylic acids is 3. The maximum Gasteiger partial charge on any atom is 0.252 e. The fourth-order valence-corrected chi connectivity index (χ4v) is 2.75. The molecule has 26 heavy (non-hydrogen) atoms. The Morgan fingerprint density at radius 1 is 1.12 bits per heavy atom. The molecule has 1 saturated heterocycles. The molecule has 0 radical (unpaired) electrons. The van der Waals surface area contributed by atoms with Crippen LogP contribution in [0, 0.1) is 0 Å². The summed E-state index contributed by atoms with van der Waals surface area (Å²) in [6.45, 7) is 3.68. The van der Waals surface area contributed by atoms with Crippen LogP contribution in [0.15, 0.2) is 24.8 Å². The summed E-state index contributed by atoms with van der Waals surface area (Å²) in [5, 5.41) is 0. The lowest BCUT2D eigenvalue weighted by Gasteiger charge is -2.32. The molecule has 1 aromatic rings. The Labute approximate surface area is 151 Å². The van der Waals surface area contributed by atoms with Gasteiger partial charge in [-0.25, -0.2) is 0 Å². The van der Waals surface area contributed by atoms with Crippen molar-refractivity contribution in [2.24, 2.45) is 0 Å². The number of imide groups is 1. The van der Waals surface area contributed by atoms with Gasteiger partial charge in [-0.15, -0.1) is 0 Å². The molecule has 0 bridgehead atoms. The molecule has 1 fully saturated rings. The van der Waals surface area contributed by atoms with Gasteiger partial charge in [0.2, 0.25) is 17.6 Å². The van der Waals surface area contributed by atoms with Crippen molar-refractivity contribution >= 4 is 17.7 Å². The predicted molar refractivity (Wildman–Crippen MR) is 93.3 cm³/mol. The van der Waals surface area contributed by atoms with Crippen LogP contribution in [-0.2, 0) is 20.8 Å². The van der Waals surface area contributed by atoms with Gasteiger partial charge in [-0.1, -0.05) is 6.58 Å². The van der Waals surface area contributed by atoms with Gasteiger partial charge in [0.1, 0.15) is 6.54 Å². The molecule has 0 atom stereocenters. The number of hydrogen-bond acceptors (Lipinski definition) is 6. The fourth-order valence-electron chi connectivity index (χ4n) is 2.75. The second kappa shape index (κ2) is 8.37. The van der Waals surface area contributed by atoms with E-state index in [-0.39, 0.29) is 32.0 Å². The van der Waals surface area contributed by atoms with Crippen LogP contribution in [0.25, 0.3) is 0 Å². The van der Waals surface area contributed by atoms with Gasteiger partial charge in [0, 0.05) is 13.1 Å². The van der Waals surface area contributed by atoms with E-state index in [0.29, 0.717) is 22.8 Å². The van der Waals surface area contributed by atoms with Crippen LogP contribution in [-0.4, -0.2) is 68.5 Å². The highest BCUT2D eigenvalue weighted by Gasteiger charge is 2.30. The van der Waals surface area contributed by atoms with Gasteiger partial charge in [-0.05, 0) is 23.8 Å². The van der Waals surface area contributed by atoms with E-state index in [2.05, 4.69) is 6.58 Å². The first-order valence-electron chi connectivity index (χ1n) is 7.98. The summed E-state index contributed by atoms with van der Waals surface area (Å²) < 4.78 is 15.8. The lowest BCUT2D eigenvalue weighted by atomic mass is 10.1. The lowest BCUT2D eigenvalue weighted by Crippen LogP contribution is -2.54. The lowest BCUT2D eigenvalue weighted by molar-refractivity contribution is -0.151. The predicted octanol–water partition coefficient (Wildman–Crippen LogP) is 0.638. The zero-order valence-electron chi connectivity index (χ0n) is 15.1. The van der Waals surface area contributed by atoms with E-state index in [1.54, 1.807) is 12.1 Å². The van der Waals surface area contributed by atoms with Gasteiger partial charge in [0.05, 0.1) is 27.8 Å². The molecule has 0 unspecified atom stereocenters. The molecule has 1 heterocycles. The van der Waals surface area contributed by atoms with E-state index in [0.717, 1.165) is 11.0 Å². The first-order valence-corrected chi connectivity index (χ1v) is 7.98. The Morgan fingerprint density at radius 2 is 1.73 bits per heavy atom. The van der Waals surface area contributed by atoms with E-state index >= 15 is 0 Å². The number of methoxy groups -OCH3 is 3. The van der Waals surface area contributed by atoms with Crippen molar-refractivity contribution in [3.8, 4) is 17.2 Å². The molecular formula is C18H22N2O6. The van der Waals surface area contributed by atoms with Gasteiger partial charge in [0.25, 0.3) is 5.91 Å². The summed E-state index contributed by atoms with van der Waals surface area (Å²) in [5.41, 5.74) is 0.668. The van der Waals surface area contributed by atoms with Gasteiger partial charge in [0.15, 0.2) is 11.5 Å². The van der Waals surface area contributed by atoms with Crippen LogP contribution in [0.5, 0.6) is 17.2 Å². The Hall–Kier alpha value is -3.03. The SMILES string of the molecule is C=CC(=O)N1CCN(C(=O)Cc2cc(OC)c(OC)c(OC)c2)CC1=O. The number of carbonyl (C=O) groups is 3. The van der Waals surface area contributed by atoms with Crippen LogP contribution >= 0.6 is 0 Å². The van der Waals surface area contributed by atoms with E-state index in [9.17, 15) is 14.4 Å². The standard InChI is InChI=1S/C18H22N2O6/c1-5-15(21)20-7-6-19(11-17(20)23)16(22)10-12-8-13(24-2)18(26-4)14(9-12)25-3/h5,8-9H,1,6-7,10-11H2,2-4H3. The highest BCUT2D eigenvalue weighted by atomic mass is 16.5. The van der Waals surface area contributed by atoms with Gasteiger partial charge in [-0.3, -0.25) is 19.3 Å². The number of hydrogen-bond donors (Lipinski definition) is 0. The quantitative estimate of drug-likeness (QED) is 0.691. The van der Waals surface area contributed by atoms with Crippen LogP contribution in [0.1, 0.15) is 5.56 Å². The van der Waals surface area contributed by atoms with Crippen molar-refractivity contribution in [1.29, 1.82) is 0 Å². The van der Waals surface area contributed by atoms with E-state index in [1.807, 2.05) is 0 Å². The molecule has 8 heteroatoms. The van der Waals surface area contributed by atoms with Crippen LogP contribution in [0.2, 0.25) is 0 Å². The minimum absolute atomic E-state index is 0.0688. The summed E-state index contributed by atoms with van der Waals surface area (Å²) in [6.07, 6.45) is 1.16. The Morgan fingerprint density at radius 3 is 2.19 bits per heavy atom. The number of piperazine rings is 1. The Balaban J connectivity index is 2.12. The van der Waals surface area contributed by atoms with Gasteiger partial charge >= 0.3 is 0 Å². The summed E-state index contributed by atoms with van der Waals surface area (Å²) in [6, 6.07) is 3.39. The molecule has 0 aromatic heterocycles. The summed E-state index contributed by atoms with van der Waals surface area (Å²) >= 11 is 0. The number of amides is 3. The minimum atomic E-state index is -0.452. The van der Waals surface area contributed by atoms with Crippen molar-refractivity contribution in [2.45, 2.75) is 6.42 Å². The number of benzene rings is 1. The average molecular weight is 362 g/mol. The summed E-state index contributed by atoms with van der Waals surface area (Å²) in [5.74, 6) is 0.252. The van der Waals surface area contributed by atoms with Crippen LogP contribution in [0.3, 0.4) is 0 Å². The first kappa shape index (κ1) is 19.3. The maximum absolute atomic E-state index is 12.6. The topological polar surface area (TPSA) is 85.4 Å². The highest BCUT2D eigenvalue weighted by Crippen LogP contribution is 2.38. The van der Waals surface area contributed by atoms with E-state index in [4.69, 9.17) is 14.2 Å². The zero-order chi connectivity index (χ0) is 19.3. The van der Waals surface area contributed by atoms with Crippen LogP contribution in [0.4, 0.5) is 0 Å². The third kappa shape index (κ3) is 3.96. The third-order valence-electron chi connectivity index (χ3n) is 4.09. The zero-order valence-corrected chi connectivity index (χ0v) is 15.1. The maximum atomic E-state index is 12.6. The fraction of sp³-hybridized carbons (Fsp3) is 0.389. The molecule has 140 valence electrons. The van der Waals surface area contributed by atoms with Crippen molar-refractivity contribution in [3.63, 3.8) is 0 Å². The van der Waals surface area contributed by atoms with Crippen molar-refractivity contribution in [1.82, 2.24) is 9.80 Å². The normalized spacial score (nSPS) is 14.0. The van der Waals surface area contributed by atoms with Crippen LogP contribution < -0.4 is 14.2 Å². The molecule has 8 nitrogen and oxygen atoms in total. The van der Waals surface area contributed by atoms with Crippen molar-refractivity contribution in [3.05, 3.63) is 30.4 Å². The highest BCUT2D eigenvalue weighted by molar-refractivity contribution is 6.02. The summed E-state index contributed by atoms with van der Waals surface area (Å²) in [7, 11) is 4.50. The number of ether oxygens (including phenoxy) is 3. The first-order chi connectivity index (χ1) is 12.4. The van der Waals surface area contributed by atoms with E-state index < -0.39 is 11.8 Å². The second-order valence-corrected chi connectivity index (χ2v) is 5.61. The molecule has 0 saturated carbocycles. The Bertz CT molecular complexity index is 705. The number of nitrogens with zero attached hydrogens (tertiary/aromatic N) is 2. The molecular weight excluding hydrogens is 340 g/mol. The van der Waals surface area contributed by atoms with Gasteiger partial charge in [-0.2, -0.15) is 0 Å². The molecule has 2 rings (SSSR count). The molecule has 1 aromatic carbocycles. The largest absolute Gasteiger partial charge is 0.493 e. The average Bonchev–Trinajstić information content (AvgIpc) is 2.66. The molecule has 3 amide bonds. The molecule has 1 aliphatic heterocycles. The monoisotopic (exact) mass is 362 g/mol. The smallest absolute Gasteiger partial charge is 0.252 e. The van der Waals surface area contributed by atoms with Gasteiger partial charge < -0.3 is 19.1 Å². The Kier molecular flexibility index (Phi) is 6.21. The third-order valence-corrected chi connectivity index (χ3v) is 4.09. The minimum Gasteiger partial charge on any atom is -0.493 e. The summed E-state index contributed by atoms with van der Waals surface area (Å²) in [4.78, 5) is 38.7. The molecule has 1 aliphatic rings. The van der Waals surface area contributed by atoms with Crippen molar-refractivity contribution in [2.75, 3.05) is 41.0 Å². The second-order valence-electron chi connectivity index (χ2n) is 5.61. The number of rotatable bonds is 6. The van der Waals surface area contributed by atoms with Crippen molar-refractivity contribution < 1.29 is 28.6 Å².